The Balaban J connectivity index is 1.95. The highest BCUT2D eigenvalue weighted by Gasteiger charge is 2.39. The number of ether oxygens (including phenoxy) is 1. The van der Waals surface area contributed by atoms with E-state index in [1.54, 1.807) is 37.3 Å². The van der Waals surface area contributed by atoms with Crippen LogP contribution in [-0.2, 0) is 14.8 Å². The summed E-state index contributed by atoms with van der Waals surface area (Å²) < 4.78 is 33.0. The van der Waals surface area contributed by atoms with Crippen molar-refractivity contribution in [3.8, 4) is 5.75 Å². The number of hydrogen-bond acceptors (Lipinski definition) is 4. The smallest absolute Gasteiger partial charge is 0.264 e. The molecule has 0 heterocycles. The Morgan fingerprint density at radius 3 is 2.44 bits per heavy atom. The molecular weight excluding hydrogens is 364 g/mol. The molecule has 1 amide bonds. The maximum Gasteiger partial charge on any atom is 0.264 e. The molecule has 1 fully saturated rings. The molecule has 0 aromatic heterocycles. The fourth-order valence-electron chi connectivity index (χ4n) is 3.07. The molecule has 0 saturated heterocycles. The van der Waals surface area contributed by atoms with Gasteiger partial charge < -0.3 is 10.1 Å². The molecule has 0 spiro atoms. The molecule has 2 aromatic rings. The second kappa shape index (κ2) is 7.60. The van der Waals surface area contributed by atoms with Gasteiger partial charge in [-0.1, -0.05) is 25.1 Å². The predicted molar refractivity (Wildman–Crippen MR) is 106 cm³/mol. The van der Waals surface area contributed by atoms with Gasteiger partial charge in [0.2, 0.25) is 5.91 Å². The van der Waals surface area contributed by atoms with Gasteiger partial charge in [0.15, 0.2) is 0 Å². The summed E-state index contributed by atoms with van der Waals surface area (Å²) in [6.45, 7) is 4.09. The Kier molecular flexibility index (Phi) is 5.41. The third-order valence-electron chi connectivity index (χ3n) is 4.79. The molecule has 0 aliphatic heterocycles. The van der Waals surface area contributed by atoms with Gasteiger partial charge in [0.1, 0.15) is 5.75 Å². The molecule has 0 unspecified atom stereocenters. The van der Waals surface area contributed by atoms with E-state index in [9.17, 15) is 13.2 Å². The minimum atomic E-state index is -3.78. The van der Waals surface area contributed by atoms with Crippen molar-refractivity contribution < 1.29 is 17.9 Å². The second-order valence-corrected chi connectivity index (χ2v) is 8.54. The predicted octanol–water partition coefficient (Wildman–Crippen LogP) is 3.50. The number of carbonyl (C=O) groups excluding carboxylic acids is 1. The quantitative estimate of drug-likeness (QED) is 0.788. The van der Waals surface area contributed by atoms with Gasteiger partial charge in [-0.25, -0.2) is 8.42 Å². The maximum absolute atomic E-state index is 13.2. The zero-order valence-corrected chi connectivity index (χ0v) is 16.5. The summed E-state index contributed by atoms with van der Waals surface area (Å²) in [6.07, 6.45) is 0.851. The van der Waals surface area contributed by atoms with Crippen LogP contribution in [0.5, 0.6) is 5.75 Å². The van der Waals surface area contributed by atoms with Gasteiger partial charge in [-0.2, -0.15) is 0 Å². The van der Waals surface area contributed by atoms with Crippen LogP contribution in [0.1, 0.15) is 20.3 Å². The van der Waals surface area contributed by atoms with Gasteiger partial charge in [-0.05, 0) is 49.6 Å². The normalized spacial score (nSPS) is 18.6. The van der Waals surface area contributed by atoms with Crippen LogP contribution in [0.4, 0.5) is 11.4 Å². The number of rotatable bonds is 7. The van der Waals surface area contributed by atoms with Crippen LogP contribution in [0.25, 0.3) is 0 Å². The van der Waals surface area contributed by atoms with Crippen molar-refractivity contribution in [3.05, 3.63) is 48.5 Å². The monoisotopic (exact) mass is 388 g/mol. The summed E-state index contributed by atoms with van der Waals surface area (Å²) in [4.78, 5) is 12.4. The second-order valence-electron chi connectivity index (χ2n) is 6.68. The molecule has 1 N–H and O–H groups in total. The van der Waals surface area contributed by atoms with Crippen LogP contribution in [-0.4, -0.2) is 28.0 Å². The molecule has 27 heavy (non-hydrogen) atoms. The summed E-state index contributed by atoms with van der Waals surface area (Å²) in [5.74, 6) is 0.659. The van der Waals surface area contributed by atoms with Crippen LogP contribution in [0.3, 0.4) is 0 Å². The average Bonchev–Trinajstić information content (AvgIpc) is 3.40. The lowest BCUT2D eigenvalue weighted by atomic mass is 10.2. The molecule has 3 rings (SSSR count). The van der Waals surface area contributed by atoms with E-state index in [-0.39, 0.29) is 16.7 Å². The molecule has 7 heteroatoms. The van der Waals surface area contributed by atoms with Crippen LogP contribution < -0.4 is 14.4 Å². The molecule has 2 aromatic carbocycles. The topological polar surface area (TPSA) is 75.7 Å². The minimum absolute atomic E-state index is 0.0218. The molecule has 0 radical (unpaired) electrons. The largest absolute Gasteiger partial charge is 0.495 e. The lowest BCUT2D eigenvalue weighted by molar-refractivity contribution is -0.117. The van der Waals surface area contributed by atoms with E-state index in [1.165, 1.54) is 23.5 Å². The number of sulfonamides is 1. The van der Waals surface area contributed by atoms with E-state index in [2.05, 4.69) is 5.32 Å². The van der Waals surface area contributed by atoms with Crippen LogP contribution in [0.2, 0.25) is 0 Å². The van der Waals surface area contributed by atoms with Gasteiger partial charge >= 0.3 is 0 Å². The number of benzene rings is 2. The van der Waals surface area contributed by atoms with E-state index in [0.717, 1.165) is 6.42 Å². The van der Waals surface area contributed by atoms with Crippen molar-refractivity contribution in [2.75, 3.05) is 23.3 Å². The van der Waals surface area contributed by atoms with Gasteiger partial charge in [-0.3, -0.25) is 9.10 Å². The summed E-state index contributed by atoms with van der Waals surface area (Å²) in [5, 5.41) is 2.82. The molecule has 2 atom stereocenters. The molecule has 1 aliphatic rings. The number of nitrogens with one attached hydrogen (secondary N) is 1. The maximum atomic E-state index is 13.2. The summed E-state index contributed by atoms with van der Waals surface area (Å²) in [6, 6.07) is 13.5. The molecule has 1 aliphatic carbocycles. The molecule has 6 nitrogen and oxygen atoms in total. The number of amides is 1. The first kappa shape index (κ1) is 19.2. The number of hydrogen-bond donors (Lipinski definition) is 1. The van der Waals surface area contributed by atoms with Gasteiger partial charge in [0.25, 0.3) is 10.0 Å². The van der Waals surface area contributed by atoms with Crippen LogP contribution in [0.15, 0.2) is 53.4 Å². The van der Waals surface area contributed by atoms with Crippen molar-refractivity contribution in [1.29, 1.82) is 0 Å². The lowest BCUT2D eigenvalue weighted by Gasteiger charge is -2.23. The number of methoxy groups -OCH3 is 1. The number of carbonyl (C=O) groups is 1. The first-order chi connectivity index (χ1) is 12.9. The highest BCUT2D eigenvalue weighted by atomic mass is 32.2. The van der Waals surface area contributed by atoms with Crippen molar-refractivity contribution >= 4 is 27.3 Å². The first-order valence-electron chi connectivity index (χ1n) is 8.95. The number of para-hydroxylation sites is 1. The third-order valence-corrected chi connectivity index (χ3v) is 6.69. The van der Waals surface area contributed by atoms with Crippen molar-refractivity contribution in [2.24, 2.45) is 11.8 Å². The number of nitrogens with zero attached hydrogens (tertiary/aromatic N) is 1. The molecule has 1 saturated carbocycles. The SMILES string of the molecule is CCN(c1ccccc1)S(=O)(=O)c1ccc(OC)c(NC(=O)[C@H]2C[C@@H]2C)c1. The van der Waals surface area contributed by atoms with Crippen LogP contribution >= 0.6 is 0 Å². The summed E-state index contributed by atoms with van der Waals surface area (Å²) in [5.41, 5.74) is 0.958. The highest BCUT2D eigenvalue weighted by Crippen LogP contribution is 2.39. The Morgan fingerprint density at radius 1 is 1.22 bits per heavy atom. The standard InChI is InChI=1S/C20H24N2O4S/c1-4-22(15-8-6-5-7-9-15)27(24,25)16-10-11-19(26-3)18(13-16)21-20(23)17-12-14(17)2/h5-11,13-14,17H,4,12H2,1-3H3,(H,21,23)/t14-,17-/m0/s1. The van der Waals surface area contributed by atoms with E-state index in [4.69, 9.17) is 4.74 Å². The summed E-state index contributed by atoms with van der Waals surface area (Å²) >= 11 is 0. The zero-order valence-electron chi connectivity index (χ0n) is 15.7. The zero-order chi connectivity index (χ0) is 19.6. The Hall–Kier alpha value is -2.54. The van der Waals surface area contributed by atoms with E-state index >= 15 is 0 Å². The fraction of sp³-hybridized carbons (Fsp3) is 0.350. The van der Waals surface area contributed by atoms with E-state index in [1.807, 2.05) is 13.0 Å². The average molecular weight is 388 g/mol. The lowest BCUT2D eigenvalue weighted by Crippen LogP contribution is -2.30. The minimum Gasteiger partial charge on any atom is -0.495 e. The summed E-state index contributed by atoms with van der Waals surface area (Å²) in [7, 11) is -2.29. The van der Waals surface area contributed by atoms with E-state index < -0.39 is 10.0 Å². The number of anilines is 2. The van der Waals surface area contributed by atoms with Crippen molar-refractivity contribution in [3.63, 3.8) is 0 Å². The highest BCUT2D eigenvalue weighted by molar-refractivity contribution is 7.92. The first-order valence-corrected chi connectivity index (χ1v) is 10.4. The van der Waals surface area contributed by atoms with Crippen molar-refractivity contribution in [2.45, 2.75) is 25.2 Å². The molecule has 0 bridgehead atoms. The Labute approximate surface area is 160 Å². The van der Waals surface area contributed by atoms with Gasteiger partial charge in [-0.15, -0.1) is 0 Å². The fourth-order valence-corrected chi connectivity index (χ4v) is 4.57. The van der Waals surface area contributed by atoms with Crippen LogP contribution in [0, 0.1) is 11.8 Å². The third kappa shape index (κ3) is 3.93. The van der Waals surface area contributed by atoms with Gasteiger partial charge in [0.05, 0.1) is 23.4 Å². The van der Waals surface area contributed by atoms with Gasteiger partial charge in [0, 0.05) is 12.5 Å². The van der Waals surface area contributed by atoms with E-state index in [0.29, 0.717) is 29.6 Å². The molecular formula is C20H24N2O4S. The Bertz CT molecular complexity index is 928. The Morgan fingerprint density at radius 2 is 1.89 bits per heavy atom. The molecule has 144 valence electrons. The van der Waals surface area contributed by atoms with Crippen molar-refractivity contribution in [1.82, 2.24) is 0 Å².